The minimum atomic E-state index is -0.244. The van der Waals surface area contributed by atoms with Gasteiger partial charge >= 0.3 is 6.09 Å². The molecule has 1 atom stereocenters. The Balaban J connectivity index is 0.000000956. The molecule has 4 heteroatoms. The average Bonchev–Trinajstić information content (AvgIpc) is 2.89. The van der Waals surface area contributed by atoms with Crippen molar-refractivity contribution in [3.63, 3.8) is 0 Å². The maximum absolute atomic E-state index is 11.7. The van der Waals surface area contributed by atoms with Crippen LogP contribution in [0.5, 0.6) is 0 Å². The van der Waals surface area contributed by atoms with Crippen LogP contribution in [0.3, 0.4) is 0 Å². The molecule has 1 amide bonds. The molecule has 4 nitrogen and oxygen atoms in total. The predicted octanol–water partition coefficient (Wildman–Crippen LogP) is 3.64. The predicted molar refractivity (Wildman–Crippen MR) is 81.3 cm³/mol. The van der Waals surface area contributed by atoms with E-state index in [-0.39, 0.29) is 12.2 Å². The van der Waals surface area contributed by atoms with Crippen LogP contribution < -0.4 is 4.90 Å². The van der Waals surface area contributed by atoms with Crippen LogP contribution in [-0.2, 0) is 15.9 Å². The Labute approximate surface area is 121 Å². The topological polar surface area (TPSA) is 38.8 Å². The standard InChI is InChI=1S/C14H19NO3.C2H6/c1-3-13-10-15(14(16)18-13)12-6-4-11(5-7-12)8-9-17-2;1-2/h4-7,13H,3,8-10H2,1-2H3;1-2H3. The van der Waals surface area contributed by atoms with Gasteiger partial charge < -0.3 is 9.47 Å². The van der Waals surface area contributed by atoms with Gasteiger partial charge in [0.25, 0.3) is 0 Å². The highest BCUT2D eigenvalue weighted by Gasteiger charge is 2.30. The first-order valence-electron chi connectivity index (χ1n) is 7.30. The van der Waals surface area contributed by atoms with Crippen molar-refractivity contribution in [3.8, 4) is 0 Å². The molecule has 0 saturated carbocycles. The molecule has 1 fully saturated rings. The molecule has 112 valence electrons. The van der Waals surface area contributed by atoms with Gasteiger partial charge in [-0.25, -0.2) is 4.79 Å². The Morgan fingerprint density at radius 1 is 1.30 bits per heavy atom. The van der Waals surface area contributed by atoms with Gasteiger partial charge in [0, 0.05) is 12.8 Å². The third kappa shape index (κ3) is 4.23. The van der Waals surface area contributed by atoms with E-state index in [0.29, 0.717) is 13.2 Å². The number of nitrogens with zero attached hydrogens (tertiary/aromatic N) is 1. The summed E-state index contributed by atoms with van der Waals surface area (Å²) in [6.45, 7) is 7.38. The molecule has 0 bridgehead atoms. The first-order valence-corrected chi connectivity index (χ1v) is 7.30. The number of carbonyl (C=O) groups is 1. The van der Waals surface area contributed by atoms with E-state index in [0.717, 1.165) is 18.5 Å². The molecule has 0 spiro atoms. The van der Waals surface area contributed by atoms with E-state index in [2.05, 4.69) is 0 Å². The number of ether oxygens (including phenoxy) is 2. The monoisotopic (exact) mass is 279 g/mol. The van der Waals surface area contributed by atoms with Gasteiger partial charge in [-0.1, -0.05) is 32.9 Å². The minimum absolute atomic E-state index is 0.0191. The van der Waals surface area contributed by atoms with E-state index in [1.807, 2.05) is 45.0 Å². The SMILES string of the molecule is CC.CCC1CN(c2ccc(CCOC)cc2)C(=O)O1. The van der Waals surface area contributed by atoms with Crippen LogP contribution in [0, 0.1) is 0 Å². The van der Waals surface area contributed by atoms with Crippen LogP contribution in [0.4, 0.5) is 10.5 Å². The van der Waals surface area contributed by atoms with Gasteiger partial charge in [0.05, 0.1) is 13.2 Å². The molecule has 20 heavy (non-hydrogen) atoms. The van der Waals surface area contributed by atoms with E-state index in [4.69, 9.17) is 9.47 Å². The first-order chi connectivity index (χ1) is 9.74. The Bertz CT molecular complexity index is 403. The van der Waals surface area contributed by atoms with Crippen LogP contribution in [0.1, 0.15) is 32.8 Å². The Morgan fingerprint density at radius 2 is 1.95 bits per heavy atom. The molecule has 1 aromatic carbocycles. The van der Waals surface area contributed by atoms with Crippen molar-refractivity contribution in [2.45, 2.75) is 39.7 Å². The van der Waals surface area contributed by atoms with Crippen LogP contribution in [0.25, 0.3) is 0 Å². The summed E-state index contributed by atoms with van der Waals surface area (Å²) >= 11 is 0. The largest absolute Gasteiger partial charge is 0.444 e. The Kier molecular flexibility index (Phi) is 7.09. The minimum Gasteiger partial charge on any atom is -0.444 e. The molecule has 1 aliphatic rings. The summed E-state index contributed by atoms with van der Waals surface area (Å²) in [5.41, 5.74) is 2.11. The summed E-state index contributed by atoms with van der Waals surface area (Å²) in [6, 6.07) is 7.98. The molecule has 0 aromatic heterocycles. The fourth-order valence-electron chi connectivity index (χ4n) is 2.01. The molecule has 1 unspecified atom stereocenters. The zero-order valence-corrected chi connectivity index (χ0v) is 12.9. The van der Waals surface area contributed by atoms with Crippen molar-refractivity contribution < 1.29 is 14.3 Å². The van der Waals surface area contributed by atoms with Gasteiger partial charge in [-0.3, -0.25) is 4.90 Å². The van der Waals surface area contributed by atoms with E-state index in [1.165, 1.54) is 5.56 Å². The third-order valence-corrected chi connectivity index (χ3v) is 3.17. The number of carbonyl (C=O) groups excluding carboxylic acids is 1. The fourth-order valence-corrected chi connectivity index (χ4v) is 2.01. The van der Waals surface area contributed by atoms with Crippen LogP contribution in [0.15, 0.2) is 24.3 Å². The number of amides is 1. The molecule has 0 aliphatic carbocycles. The average molecular weight is 279 g/mol. The molecule has 1 aromatic rings. The zero-order valence-electron chi connectivity index (χ0n) is 12.9. The number of methoxy groups -OCH3 is 1. The van der Waals surface area contributed by atoms with Gasteiger partial charge in [0.2, 0.25) is 0 Å². The number of rotatable bonds is 5. The van der Waals surface area contributed by atoms with Crippen molar-refractivity contribution in [2.75, 3.05) is 25.2 Å². The highest BCUT2D eigenvalue weighted by molar-refractivity contribution is 5.89. The molecule has 0 radical (unpaired) electrons. The normalized spacial score (nSPS) is 17.5. The van der Waals surface area contributed by atoms with Crippen molar-refractivity contribution in [1.82, 2.24) is 0 Å². The Hall–Kier alpha value is -1.55. The second kappa shape index (κ2) is 8.59. The van der Waals surface area contributed by atoms with E-state index in [1.54, 1.807) is 12.0 Å². The van der Waals surface area contributed by atoms with Gasteiger partial charge in [-0.15, -0.1) is 0 Å². The van der Waals surface area contributed by atoms with Crippen molar-refractivity contribution in [1.29, 1.82) is 0 Å². The van der Waals surface area contributed by atoms with E-state index < -0.39 is 0 Å². The number of benzene rings is 1. The molecule has 1 saturated heterocycles. The van der Waals surface area contributed by atoms with Gasteiger partial charge in [-0.2, -0.15) is 0 Å². The summed E-state index contributed by atoms with van der Waals surface area (Å²) in [5.74, 6) is 0. The lowest BCUT2D eigenvalue weighted by molar-refractivity contribution is 0.139. The van der Waals surface area contributed by atoms with Crippen molar-refractivity contribution >= 4 is 11.8 Å². The lowest BCUT2D eigenvalue weighted by Crippen LogP contribution is -2.24. The maximum Gasteiger partial charge on any atom is 0.414 e. The number of hydrogen-bond donors (Lipinski definition) is 0. The molecule has 2 rings (SSSR count). The van der Waals surface area contributed by atoms with Crippen molar-refractivity contribution in [3.05, 3.63) is 29.8 Å². The highest BCUT2D eigenvalue weighted by atomic mass is 16.6. The smallest absolute Gasteiger partial charge is 0.414 e. The van der Waals surface area contributed by atoms with Gasteiger partial charge in [0.15, 0.2) is 0 Å². The van der Waals surface area contributed by atoms with Crippen LogP contribution in [-0.4, -0.2) is 32.5 Å². The summed E-state index contributed by atoms with van der Waals surface area (Å²) in [5, 5.41) is 0. The first kappa shape index (κ1) is 16.5. The number of cyclic esters (lactones) is 1. The number of anilines is 1. The zero-order chi connectivity index (χ0) is 15.0. The summed E-state index contributed by atoms with van der Waals surface area (Å²) in [7, 11) is 1.69. The summed E-state index contributed by atoms with van der Waals surface area (Å²) in [6.07, 6.45) is 1.52. The van der Waals surface area contributed by atoms with Crippen LogP contribution >= 0.6 is 0 Å². The van der Waals surface area contributed by atoms with E-state index in [9.17, 15) is 4.79 Å². The maximum atomic E-state index is 11.7. The van der Waals surface area contributed by atoms with Crippen molar-refractivity contribution in [2.24, 2.45) is 0 Å². The third-order valence-electron chi connectivity index (χ3n) is 3.17. The highest BCUT2D eigenvalue weighted by Crippen LogP contribution is 2.23. The molecule has 1 aliphatic heterocycles. The molecule has 1 heterocycles. The van der Waals surface area contributed by atoms with Gasteiger partial charge in [-0.05, 0) is 30.5 Å². The molecule has 0 N–H and O–H groups in total. The molecular weight excluding hydrogens is 254 g/mol. The fraction of sp³-hybridized carbons (Fsp3) is 0.562. The Morgan fingerprint density at radius 3 is 2.45 bits per heavy atom. The van der Waals surface area contributed by atoms with Crippen LogP contribution in [0.2, 0.25) is 0 Å². The van der Waals surface area contributed by atoms with Gasteiger partial charge in [0.1, 0.15) is 6.10 Å². The second-order valence-electron chi connectivity index (χ2n) is 4.43. The number of hydrogen-bond acceptors (Lipinski definition) is 3. The van der Waals surface area contributed by atoms with E-state index >= 15 is 0 Å². The molecular formula is C16H25NO3. The quantitative estimate of drug-likeness (QED) is 0.826. The lowest BCUT2D eigenvalue weighted by atomic mass is 10.1. The second-order valence-corrected chi connectivity index (χ2v) is 4.43. The summed E-state index contributed by atoms with van der Waals surface area (Å²) < 4.78 is 10.3. The summed E-state index contributed by atoms with van der Waals surface area (Å²) in [4.78, 5) is 13.4. The lowest BCUT2D eigenvalue weighted by Gasteiger charge is -2.13.